The molecule has 0 spiro atoms. The second kappa shape index (κ2) is 5.82. The van der Waals surface area contributed by atoms with Gasteiger partial charge in [-0.1, -0.05) is 5.21 Å². The second-order valence-corrected chi connectivity index (χ2v) is 4.34. The van der Waals surface area contributed by atoms with Gasteiger partial charge in [0.2, 0.25) is 0 Å². The van der Waals surface area contributed by atoms with Crippen molar-refractivity contribution in [2.45, 2.75) is 25.8 Å². The van der Waals surface area contributed by atoms with Crippen molar-refractivity contribution < 1.29 is 0 Å². The molecule has 0 saturated heterocycles. The van der Waals surface area contributed by atoms with Crippen molar-refractivity contribution in [3.05, 3.63) is 29.8 Å². The highest BCUT2D eigenvalue weighted by molar-refractivity contribution is 6.17. The van der Waals surface area contributed by atoms with Crippen molar-refractivity contribution >= 4 is 11.6 Å². The molecule has 2 aromatic heterocycles. The summed E-state index contributed by atoms with van der Waals surface area (Å²) in [6.45, 7) is 0.827. The molecule has 0 N–H and O–H groups in total. The SMILES string of the molecule is Cn1nccc1CCn1cc(CCCCl)nn1. The van der Waals surface area contributed by atoms with E-state index in [4.69, 9.17) is 11.6 Å². The molecule has 0 unspecified atom stereocenters. The Balaban J connectivity index is 1.87. The Labute approximate surface area is 105 Å². The average molecular weight is 254 g/mol. The standard InChI is InChI=1S/C11H16ClN5/c1-16-11(4-7-13-16)5-8-17-9-10(14-15-17)3-2-6-12/h4,7,9H,2-3,5-6,8H2,1H3. The summed E-state index contributed by atoms with van der Waals surface area (Å²) < 4.78 is 3.75. The first kappa shape index (κ1) is 12.1. The van der Waals surface area contributed by atoms with Crippen molar-refractivity contribution in [1.82, 2.24) is 24.8 Å². The van der Waals surface area contributed by atoms with E-state index in [9.17, 15) is 0 Å². The van der Waals surface area contributed by atoms with Crippen LogP contribution in [0.15, 0.2) is 18.5 Å². The number of aromatic nitrogens is 5. The molecule has 0 fully saturated rings. The van der Waals surface area contributed by atoms with Crippen LogP contribution >= 0.6 is 11.6 Å². The Kier molecular flexibility index (Phi) is 4.14. The number of alkyl halides is 1. The molecule has 92 valence electrons. The van der Waals surface area contributed by atoms with Gasteiger partial charge in [0.15, 0.2) is 0 Å². The summed E-state index contributed by atoms with van der Waals surface area (Å²) in [7, 11) is 1.95. The highest BCUT2D eigenvalue weighted by Crippen LogP contribution is 2.02. The summed E-state index contributed by atoms with van der Waals surface area (Å²) >= 11 is 5.64. The molecule has 0 bridgehead atoms. The smallest absolute Gasteiger partial charge is 0.0827 e. The highest BCUT2D eigenvalue weighted by atomic mass is 35.5. The lowest BCUT2D eigenvalue weighted by molar-refractivity contribution is 0.567. The molecule has 0 aliphatic carbocycles. The minimum Gasteiger partial charge on any atom is -0.273 e. The quantitative estimate of drug-likeness (QED) is 0.732. The van der Waals surface area contributed by atoms with E-state index in [1.165, 1.54) is 5.69 Å². The maximum absolute atomic E-state index is 5.64. The van der Waals surface area contributed by atoms with Gasteiger partial charge in [0.05, 0.1) is 5.69 Å². The lowest BCUT2D eigenvalue weighted by Crippen LogP contribution is -2.06. The van der Waals surface area contributed by atoms with Gasteiger partial charge in [0, 0.05) is 44.0 Å². The maximum atomic E-state index is 5.64. The molecule has 0 amide bonds. The minimum absolute atomic E-state index is 0.669. The van der Waals surface area contributed by atoms with E-state index in [2.05, 4.69) is 15.4 Å². The van der Waals surface area contributed by atoms with Gasteiger partial charge in [-0.3, -0.25) is 9.36 Å². The van der Waals surface area contributed by atoms with Crippen LogP contribution in [0.25, 0.3) is 0 Å². The largest absolute Gasteiger partial charge is 0.273 e. The van der Waals surface area contributed by atoms with Gasteiger partial charge < -0.3 is 0 Å². The van der Waals surface area contributed by atoms with Gasteiger partial charge in [-0.25, -0.2) is 0 Å². The van der Waals surface area contributed by atoms with Gasteiger partial charge >= 0.3 is 0 Å². The average Bonchev–Trinajstić information content (AvgIpc) is 2.93. The highest BCUT2D eigenvalue weighted by Gasteiger charge is 2.02. The van der Waals surface area contributed by atoms with Crippen LogP contribution in [0.1, 0.15) is 17.8 Å². The number of rotatable bonds is 6. The molecular weight excluding hydrogens is 238 g/mol. The first-order valence-corrected chi connectivity index (χ1v) is 6.25. The van der Waals surface area contributed by atoms with E-state index in [-0.39, 0.29) is 0 Å². The fourth-order valence-corrected chi connectivity index (χ4v) is 1.82. The van der Waals surface area contributed by atoms with E-state index >= 15 is 0 Å². The van der Waals surface area contributed by atoms with Crippen LogP contribution < -0.4 is 0 Å². The van der Waals surface area contributed by atoms with Crippen LogP contribution in [0.4, 0.5) is 0 Å². The molecule has 0 atom stereocenters. The molecule has 0 radical (unpaired) electrons. The Morgan fingerprint density at radius 2 is 2.24 bits per heavy atom. The molecule has 17 heavy (non-hydrogen) atoms. The van der Waals surface area contributed by atoms with Crippen molar-refractivity contribution in [3.63, 3.8) is 0 Å². The van der Waals surface area contributed by atoms with E-state index in [1.807, 2.05) is 34.9 Å². The van der Waals surface area contributed by atoms with Gasteiger partial charge in [0.1, 0.15) is 0 Å². The summed E-state index contributed by atoms with van der Waals surface area (Å²) in [4.78, 5) is 0. The molecule has 6 heteroatoms. The summed E-state index contributed by atoms with van der Waals surface area (Å²) in [6, 6.07) is 2.02. The van der Waals surface area contributed by atoms with Crippen LogP contribution in [0, 0.1) is 0 Å². The molecular formula is C11H16ClN5. The Morgan fingerprint density at radius 3 is 2.94 bits per heavy atom. The molecule has 2 rings (SSSR count). The Hall–Kier alpha value is -1.36. The van der Waals surface area contributed by atoms with Gasteiger partial charge in [-0.2, -0.15) is 5.10 Å². The molecule has 2 aromatic rings. The molecule has 5 nitrogen and oxygen atoms in total. The van der Waals surface area contributed by atoms with Crippen LogP contribution in [-0.4, -0.2) is 30.7 Å². The Morgan fingerprint density at radius 1 is 1.35 bits per heavy atom. The van der Waals surface area contributed by atoms with E-state index in [0.717, 1.165) is 31.5 Å². The summed E-state index contributed by atoms with van der Waals surface area (Å²) in [5, 5.41) is 12.3. The molecule has 0 saturated carbocycles. The Bertz CT molecular complexity index is 462. The predicted molar refractivity (Wildman–Crippen MR) is 66.0 cm³/mol. The molecule has 2 heterocycles. The number of nitrogens with zero attached hydrogens (tertiary/aromatic N) is 5. The number of hydrogen-bond acceptors (Lipinski definition) is 3. The summed E-state index contributed by atoms with van der Waals surface area (Å²) in [5.74, 6) is 0.669. The van der Waals surface area contributed by atoms with E-state index < -0.39 is 0 Å². The third-order valence-corrected chi connectivity index (χ3v) is 2.94. The topological polar surface area (TPSA) is 48.5 Å². The first-order chi connectivity index (χ1) is 8.29. The van der Waals surface area contributed by atoms with Gasteiger partial charge in [0.25, 0.3) is 0 Å². The monoisotopic (exact) mass is 253 g/mol. The maximum Gasteiger partial charge on any atom is 0.0827 e. The number of halogens is 1. The predicted octanol–water partition coefficient (Wildman–Crippen LogP) is 1.43. The van der Waals surface area contributed by atoms with Crippen LogP contribution in [-0.2, 0) is 26.4 Å². The molecule has 0 aliphatic rings. The zero-order chi connectivity index (χ0) is 12.1. The zero-order valence-electron chi connectivity index (χ0n) is 9.88. The lowest BCUT2D eigenvalue weighted by Gasteiger charge is -2.01. The zero-order valence-corrected chi connectivity index (χ0v) is 10.6. The van der Waals surface area contributed by atoms with Crippen LogP contribution in [0.3, 0.4) is 0 Å². The summed E-state index contributed by atoms with van der Waals surface area (Å²) in [5.41, 5.74) is 2.21. The molecule has 0 aromatic carbocycles. The normalized spacial score (nSPS) is 10.9. The third kappa shape index (κ3) is 3.30. The van der Waals surface area contributed by atoms with Crippen molar-refractivity contribution in [2.24, 2.45) is 7.05 Å². The number of hydrogen-bond donors (Lipinski definition) is 0. The first-order valence-electron chi connectivity index (χ1n) is 5.71. The second-order valence-electron chi connectivity index (χ2n) is 3.96. The fraction of sp³-hybridized carbons (Fsp3) is 0.545. The van der Waals surface area contributed by atoms with Gasteiger partial charge in [-0.05, 0) is 18.9 Å². The van der Waals surface area contributed by atoms with Crippen molar-refractivity contribution in [2.75, 3.05) is 5.88 Å². The minimum atomic E-state index is 0.669. The van der Waals surface area contributed by atoms with Crippen molar-refractivity contribution in [1.29, 1.82) is 0 Å². The summed E-state index contributed by atoms with van der Waals surface area (Å²) in [6.07, 6.45) is 6.55. The number of aryl methyl sites for hydroxylation is 4. The van der Waals surface area contributed by atoms with E-state index in [1.54, 1.807) is 0 Å². The van der Waals surface area contributed by atoms with Gasteiger partial charge in [-0.15, -0.1) is 16.7 Å². The van der Waals surface area contributed by atoms with Crippen molar-refractivity contribution in [3.8, 4) is 0 Å². The third-order valence-electron chi connectivity index (χ3n) is 2.67. The fourth-order valence-electron chi connectivity index (χ4n) is 1.69. The lowest BCUT2D eigenvalue weighted by atomic mass is 10.3. The van der Waals surface area contributed by atoms with E-state index in [0.29, 0.717) is 5.88 Å². The van der Waals surface area contributed by atoms with Crippen LogP contribution in [0.2, 0.25) is 0 Å². The van der Waals surface area contributed by atoms with Crippen LogP contribution in [0.5, 0.6) is 0 Å². The molecule has 0 aliphatic heterocycles.